The largest absolute Gasteiger partial charge is 0.453 e. The third kappa shape index (κ3) is 6.50. The van der Waals surface area contributed by atoms with Gasteiger partial charge in [-0.2, -0.15) is 0 Å². The maximum atomic E-state index is 13.7. The number of aromatic amines is 2. The highest BCUT2D eigenvalue weighted by Gasteiger charge is 2.44. The van der Waals surface area contributed by atoms with Crippen LogP contribution in [-0.2, 0) is 19.1 Å². The molecule has 13 nitrogen and oxygen atoms in total. The number of nitrogens with zero attached hydrogens (tertiary/aromatic N) is 4. The van der Waals surface area contributed by atoms with Gasteiger partial charge in [0.05, 0.1) is 47.0 Å². The summed E-state index contributed by atoms with van der Waals surface area (Å²) in [5.41, 5.74) is 3.81. The van der Waals surface area contributed by atoms with E-state index in [-0.39, 0.29) is 41.6 Å². The third-order valence-corrected chi connectivity index (χ3v) is 12.6. The molecule has 4 aliphatic rings. The van der Waals surface area contributed by atoms with Crippen molar-refractivity contribution in [2.24, 2.45) is 11.8 Å². The monoisotopic (exact) mass is 748 g/mol. The maximum absolute atomic E-state index is 13.7. The number of fused-ring (bicyclic) bond motifs is 3. The number of carbonyl (C=O) groups is 4. The van der Waals surface area contributed by atoms with E-state index >= 15 is 0 Å². The summed E-state index contributed by atoms with van der Waals surface area (Å²) in [6.07, 6.45) is 8.45. The van der Waals surface area contributed by atoms with Crippen molar-refractivity contribution in [3.8, 4) is 21.0 Å². The van der Waals surface area contributed by atoms with Crippen molar-refractivity contribution in [2.75, 3.05) is 20.2 Å². The highest BCUT2D eigenvalue weighted by atomic mass is 32.1. The van der Waals surface area contributed by atoms with Gasteiger partial charge in [-0.05, 0) is 98.4 Å². The number of benzene rings is 2. The Hall–Kier alpha value is -5.24. The van der Waals surface area contributed by atoms with E-state index in [1.807, 2.05) is 16.0 Å². The van der Waals surface area contributed by atoms with E-state index in [4.69, 9.17) is 14.7 Å². The number of rotatable bonds is 10. The number of H-pyrrole nitrogens is 2. The van der Waals surface area contributed by atoms with Gasteiger partial charge in [-0.25, -0.2) is 14.8 Å². The molecule has 0 bridgehead atoms. The number of imidazole rings is 2. The highest BCUT2D eigenvalue weighted by Crippen LogP contribution is 2.41. The number of likely N-dealkylation sites (tertiary alicyclic amines) is 2. The molecule has 2 aromatic carbocycles. The normalized spacial score (nSPS) is 21.1. The van der Waals surface area contributed by atoms with Crippen LogP contribution in [0.25, 0.3) is 42.8 Å². The van der Waals surface area contributed by atoms with Gasteiger partial charge in [0, 0.05) is 30.3 Å². The highest BCUT2D eigenvalue weighted by molar-refractivity contribution is 7.18. The van der Waals surface area contributed by atoms with Crippen LogP contribution >= 0.6 is 11.3 Å². The fourth-order valence-electron chi connectivity index (χ4n) is 8.41. The zero-order valence-corrected chi connectivity index (χ0v) is 31.2. The van der Waals surface area contributed by atoms with Crippen molar-refractivity contribution in [2.45, 2.75) is 82.5 Å². The van der Waals surface area contributed by atoms with E-state index in [0.29, 0.717) is 13.1 Å². The Morgan fingerprint density at radius 2 is 1.48 bits per heavy atom. The van der Waals surface area contributed by atoms with Gasteiger partial charge in [0.25, 0.3) is 0 Å². The molecule has 5 aromatic rings. The maximum Gasteiger partial charge on any atom is 0.407 e. The first kappa shape index (κ1) is 34.5. The fraction of sp³-hybridized carbons (Fsp3) is 0.450. The summed E-state index contributed by atoms with van der Waals surface area (Å²) in [5.74, 6) is 1.67. The van der Waals surface area contributed by atoms with E-state index in [9.17, 15) is 19.2 Å². The lowest BCUT2D eigenvalue weighted by Gasteiger charge is -2.28. The first-order valence-electron chi connectivity index (χ1n) is 19.1. The predicted octanol–water partition coefficient (Wildman–Crippen LogP) is 6.21. The van der Waals surface area contributed by atoms with Gasteiger partial charge in [-0.1, -0.05) is 18.2 Å². The van der Waals surface area contributed by atoms with Crippen LogP contribution in [0.4, 0.5) is 4.79 Å². The Balaban J connectivity index is 0.923. The van der Waals surface area contributed by atoms with Crippen LogP contribution in [0.15, 0.2) is 48.7 Å². The average molecular weight is 749 g/mol. The predicted molar refractivity (Wildman–Crippen MR) is 204 cm³/mol. The lowest BCUT2D eigenvalue weighted by molar-refractivity contribution is -0.137. The molecule has 0 radical (unpaired) electrons. The Morgan fingerprint density at radius 3 is 2.15 bits per heavy atom. The molecule has 2 saturated heterocycles. The summed E-state index contributed by atoms with van der Waals surface area (Å²) in [4.78, 5) is 73.9. The van der Waals surface area contributed by atoms with Crippen LogP contribution in [-0.4, -0.2) is 85.8 Å². The molecule has 5 heterocycles. The van der Waals surface area contributed by atoms with E-state index < -0.39 is 18.2 Å². The molecule has 280 valence electrons. The van der Waals surface area contributed by atoms with Crippen molar-refractivity contribution in [3.63, 3.8) is 0 Å². The Kier molecular flexibility index (Phi) is 8.87. The Bertz CT molecular complexity index is 2270. The third-order valence-electron chi connectivity index (χ3n) is 11.5. The number of amides is 4. The number of ether oxygens (including phenoxy) is 1. The number of alkyl carbamates (subject to hydrolysis) is 1. The summed E-state index contributed by atoms with van der Waals surface area (Å²) in [6, 6.07) is 13.5. The zero-order valence-electron chi connectivity index (χ0n) is 30.4. The molecule has 4 fully saturated rings. The zero-order chi connectivity index (χ0) is 37.1. The van der Waals surface area contributed by atoms with E-state index in [1.165, 1.54) is 14.0 Å². The van der Waals surface area contributed by atoms with Crippen LogP contribution in [0.2, 0.25) is 0 Å². The second-order valence-corrected chi connectivity index (χ2v) is 16.3. The summed E-state index contributed by atoms with van der Waals surface area (Å²) in [5, 5.41) is 7.78. The summed E-state index contributed by atoms with van der Waals surface area (Å²) < 4.78 is 4.81. The molecule has 54 heavy (non-hydrogen) atoms. The average Bonchev–Trinajstić information content (AvgIpc) is 3.77. The molecule has 3 aromatic heterocycles. The minimum absolute atomic E-state index is 0.00571. The smallest absolute Gasteiger partial charge is 0.407 e. The molecule has 4 atom stereocenters. The lowest BCUT2D eigenvalue weighted by atomic mass is 10.0. The molecule has 2 aliphatic carbocycles. The second-order valence-electron chi connectivity index (χ2n) is 15.2. The molecular formula is C40H44N8O5S. The van der Waals surface area contributed by atoms with Crippen LogP contribution in [0, 0.1) is 11.8 Å². The fourth-order valence-corrected chi connectivity index (χ4v) is 9.38. The van der Waals surface area contributed by atoms with E-state index in [1.54, 1.807) is 11.3 Å². The number of thiophene rings is 1. The Labute approximate surface area is 316 Å². The van der Waals surface area contributed by atoms with Crippen LogP contribution in [0.5, 0.6) is 0 Å². The van der Waals surface area contributed by atoms with E-state index in [2.05, 4.69) is 63.1 Å². The first-order chi connectivity index (χ1) is 26.2. The number of carbonyl (C=O) groups excluding carboxylic acids is 4. The molecule has 0 spiro atoms. The summed E-state index contributed by atoms with van der Waals surface area (Å²) in [7, 11) is 1.32. The van der Waals surface area contributed by atoms with Gasteiger partial charge in [0.15, 0.2) is 0 Å². The van der Waals surface area contributed by atoms with Crippen LogP contribution in [0.1, 0.15) is 82.0 Å². The second kappa shape index (κ2) is 13.9. The minimum atomic E-state index is -0.580. The number of aromatic nitrogens is 4. The molecule has 4 N–H and O–H groups in total. The van der Waals surface area contributed by atoms with Crippen molar-refractivity contribution < 1.29 is 23.9 Å². The van der Waals surface area contributed by atoms with E-state index in [0.717, 1.165) is 106 Å². The minimum Gasteiger partial charge on any atom is -0.453 e. The quantitative estimate of drug-likeness (QED) is 0.132. The Morgan fingerprint density at radius 1 is 0.815 bits per heavy atom. The molecule has 2 saturated carbocycles. The molecule has 4 amide bonds. The number of methoxy groups -OCH3 is 1. The van der Waals surface area contributed by atoms with Crippen molar-refractivity contribution >= 4 is 57.0 Å². The molecule has 0 unspecified atom stereocenters. The van der Waals surface area contributed by atoms with Crippen LogP contribution < -0.4 is 10.6 Å². The summed E-state index contributed by atoms with van der Waals surface area (Å²) >= 11 is 1.68. The molecule has 2 aliphatic heterocycles. The first-order valence-corrected chi connectivity index (χ1v) is 19.9. The summed E-state index contributed by atoms with van der Waals surface area (Å²) in [6.45, 7) is 2.76. The van der Waals surface area contributed by atoms with Gasteiger partial charge in [-0.3, -0.25) is 14.4 Å². The number of hydrogen-bond acceptors (Lipinski definition) is 8. The van der Waals surface area contributed by atoms with Crippen molar-refractivity contribution in [3.05, 3.63) is 60.3 Å². The molecular weight excluding hydrogens is 705 g/mol. The molecule has 14 heteroatoms. The van der Waals surface area contributed by atoms with Gasteiger partial charge in [-0.15, -0.1) is 11.3 Å². The number of hydrogen-bond donors (Lipinski definition) is 4. The number of nitrogens with one attached hydrogen (secondary N) is 4. The standard InChI is InChI=1S/C40H44N8O5S/c1-21(49)42-33(22-7-8-22)38(50)47-17-3-5-29(47)36-41-20-28(44-36)32-16-15-31(54-32)25-11-13-26-24(19-25)12-14-27-35(26)45-37(43-27)30-6-4-18-48(30)39(51)34(23-9-10-23)46-40(52)53-2/h11-16,19-20,22-23,29-30,33-34H,3-10,17-18H2,1-2H3,(H,41,44)(H,42,49)(H,43,45)(H,46,52)/t29-,30-,33-,34-/m0/s1. The van der Waals surface area contributed by atoms with Gasteiger partial charge < -0.3 is 35.1 Å². The van der Waals surface area contributed by atoms with Crippen molar-refractivity contribution in [1.82, 2.24) is 40.4 Å². The lowest BCUT2D eigenvalue weighted by Crippen LogP contribution is -2.49. The van der Waals surface area contributed by atoms with Gasteiger partial charge in [0.2, 0.25) is 17.7 Å². The van der Waals surface area contributed by atoms with Gasteiger partial charge in [0.1, 0.15) is 23.7 Å². The van der Waals surface area contributed by atoms with Gasteiger partial charge >= 0.3 is 6.09 Å². The SMILES string of the molecule is COC(=O)N[C@H](C(=O)N1CCC[C@H]1c1nc2c(ccc3cc(-c4ccc(-c5cnc([C@@H]6CCCN6C(=O)[C@@H](NC(C)=O)C6CC6)[nH]5)s4)ccc32)[nH]1)C1CC1. The molecule has 9 rings (SSSR count). The topological polar surface area (TPSA) is 165 Å². The van der Waals surface area contributed by atoms with Crippen molar-refractivity contribution in [1.29, 1.82) is 0 Å². The van der Waals surface area contributed by atoms with Crippen LogP contribution in [0.3, 0.4) is 0 Å².